The number of benzene rings is 1. The molecule has 2 aromatic rings. The highest BCUT2D eigenvalue weighted by atomic mass is 35.5. The van der Waals surface area contributed by atoms with E-state index in [2.05, 4.69) is 4.98 Å². The molecule has 8 heteroatoms. The molecule has 1 saturated heterocycles. The van der Waals surface area contributed by atoms with E-state index in [0.29, 0.717) is 10.8 Å². The number of carbonyl (C=O) groups excluding carboxylic acids is 3. The Balaban J connectivity index is 1.80. The highest BCUT2D eigenvalue weighted by Gasteiger charge is 2.46. The molecule has 4 amide bonds. The monoisotopic (exact) mass is 347 g/mol. The summed E-state index contributed by atoms with van der Waals surface area (Å²) < 4.78 is 5.57. The van der Waals surface area contributed by atoms with Crippen molar-refractivity contribution < 1.29 is 18.8 Å². The summed E-state index contributed by atoms with van der Waals surface area (Å²) in [6.07, 6.45) is 1.49. The van der Waals surface area contributed by atoms with Gasteiger partial charge in [0, 0.05) is 16.6 Å². The first-order valence-electron chi connectivity index (χ1n) is 7.28. The van der Waals surface area contributed by atoms with Crippen LogP contribution >= 0.6 is 11.6 Å². The Hall–Kier alpha value is -2.67. The Bertz CT molecular complexity index is 813. The molecule has 0 saturated carbocycles. The van der Waals surface area contributed by atoms with Gasteiger partial charge in [-0.05, 0) is 38.1 Å². The van der Waals surface area contributed by atoms with E-state index >= 15 is 0 Å². The third-order valence-corrected chi connectivity index (χ3v) is 3.83. The molecule has 1 aliphatic rings. The number of halogens is 1. The van der Waals surface area contributed by atoms with Crippen molar-refractivity contribution in [3.8, 4) is 11.3 Å². The van der Waals surface area contributed by atoms with Gasteiger partial charge in [0.2, 0.25) is 5.89 Å². The maximum atomic E-state index is 12.2. The summed E-state index contributed by atoms with van der Waals surface area (Å²) in [7, 11) is 0. The minimum absolute atomic E-state index is 0.167. The molecule has 24 heavy (non-hydrogen) atoms. The van der Waals surface area contributed by atoms with Gasteiger partial charge in [-0.2, -0.15) is 0 Å². The number of nitrogens with zero attached hydrogens (tertiary/aromatic N) is 3. The normalized spacial score (nSPS) is 15.1. The van der Waals surface area contributed by atoms with Crippen LogP contribution in [0.2, 0.25) is 5.02 Å². The van der Waals surface area contributed by atoms with Crippen LogP contribution in [0.15, 0.2) is 34.9 Å². The van der Waals surface area contributed by atoms with Crippen molar-refractivity contribution in [1.82, 2.24) is 14.8 Å². The van der Waals surface area contributed by atoms with Crippen LogP contribution in [0, 0.1) is 0 Å². The van der Waals surface area contributed by atoms with Crippen molar-refractivity contribution in [2.45, 2.75) is 26.4 Å². The molecule has 0 radical (unpaired) electrons. The van der Waals surface area contributed by atoms with Gasteiger partial charge in [0.25, 0.3) is 0 Å². The molecule has 0 bridgehead atoms. The number of urea groups is 1. The van der Waals surface area contributed by atoms with E-state index in [1.54, 1.807) is 38.1 Å². The average Bonchev–Trinajstić information content (AvgIpc) is 3.08. The zero-order valence-electron chi connectivity index (χ0n) is 13.0. The molecule has 0 spiro atoms. The van der Waals surface area contributed by atoms with Gasteiger partial charge in [-0.25, -0.2) is 14.7 Å². The van der Waals surface area contributed by atoms with Crippen LogP contribution in [-0.2, 0) is 16.1 Å². The van der Waals surface area contributed by atoms with Gasteiger partial charge < -0.3 is 4.42 Å². The Labute approximate surface area is 142 Å². The number of rotatable bonds is 4. The molecule has 0 aliphatic carbocycles. The second kappa shape index (κ2) is 6.09. The Morgan fingerprint density at radius 3 is 2.38 bits per heavy atom. The summed E-state index contributed by atoms with van der Waals surface area (Å²) in [6.45, 7) is 3.13. The van der Waals surface area contributed by atoms with Crippen molar-refractivity contribution in [1.29, 1.82) is 0 Å². The van der Waals surface area contributed by atoms with E-state index in [9.17, 15) is 14.4 Å². The molecule has 0 N–H and O–H groups in total. The van der Waals surface area contributed by atoms with Gasteiger partial charge in [-0.1, -0.05) is 11.6 Å². The first kappa shape index (κ1) is 16.2. The Morgan fingerprint density at radius 2 is 1.79 bits per heavy atom. The van der Waals surface area contributed by atoms with Crippen LogP contribution in [0.1, 0.15) is 19.7 Å². The molecular formula is C16H14ClN3O4. The summed E-state index contributed by atoms with van der Waals surface area (Å²) in [4.78, 5) is 41.9. The first-order chi connectivity index (χ1) is 11.4. The Kier molecular flexibility index (Phi) is 4.11. The third kappa shape index (κ3) is 2.78. The first-order valence-corrected chi connectivity index (χ1v) is 7.66. The van der Waals surface area contributed by atoms with Crippen molar-refractivity contribution in [2.75, 3.05) is 0 Å². The van der Waals surface area contributed by atoms with Crippen molar-refractivity contribution in [2.24, 2.45) is 0 Å². The van der Waals surface area contributed by atoms with E-state index in [-0.39, 0.29) is 12.4 Å². The highest BCUT2D eigenvalue weighted by Crippen LogP contribution is 2.24. The number of hydrogen-bond donors (Lipinski definition) is 0. The predicted octanol–water partition coefficient (Wildman–Crippen LogP) is 2.69. The minimum Gasteiger partial charge on any atom is -0.439 e. The van der Waals surface area contributed by atoms with Crippen molar-refractivity contribution in [3.05, 3.63) is 41.4 Å². The van der Waals surface area contributed by atoms with E-state index in [1.807, 2.05) is 0 Å². The topological polar surface area (TPSA) is 83.7 Å². The lowest BCUT2D eigenvalue weighted by Crippen LogP contribution is -2.37. The number of hydrogen-bond acceptors (Lipinski definition) is 5. The van der Waals surface area contributed by atoms with Gasteiger partial charge >= 0.3 is 17.8 Å². The molecule has 1 aromatic carbocycles. The molecule has 3 rings (SSSR count). The Morgan fingerprint density at radius 1 is 1.12 bits per heavy atom. The van der Waals surface area contributed by atoms with E-state index in [4.69, 9.17) is 16.0 Å². The minimum atomic E-state index is -0.875. The molecule has 0 unspecified atom stereocenters. The van der Waals surface area contributed by atoms with E-state index in [1.165, 1.54) is 6.20 Å². The van der Waals surface area contributed by atoms with E-state index < -0.39 is 23.9 Å². The molecule has 7 nitrogen and oxygen atoms in total. The molecule has 124 valence electrons. The molecule has 0 atom stereocenters. The fourth-order valence-electron chi connectivity index (χ4n) is 2.38. The van der Waals surface area contributed by atoms with E-state index in [0.717, 1.165) is 15.4 Å². The van der Waals surface area contributed by atoms with Crippen molar-refractivity contribution >= 4 is 29.4 Å². The molecule has 2 heterocycles. The van der Waals surface area contributed by atoms with Gasteiger partial charge in [0.1, 0.15) is 6.54 Å². The molecular weight excluding hydrogens is 334 g/mol. The number of oxazole rings is 1. The van der Waals surface area contributed by atoms with Gasteiger partial charge in [-0.15, -0.1) is 0 Å². The maximum absolute atomic E-state index is 12.2. The third-order valence-electron chi connectivity index (χ3n) is 3.58. The van der Waals surface area contributed by atoms with Crippen molar-refractivity contribution in [3.63, 3.8) is 0 Å². The highest BCUT2D eigenvalue weighted by molar-refractivity contribution is 6.44. The zero-order chi connectivity index (χ0) is 17.4. The fraction of sp³-hybridized carbons (Fsp3) is 0.250. The fourth-order valence-corrected chi connectivity index (χ4v) is 2.51. The SMILES string of the molecule is CC(C)N1C(=O)C(=O)N(Cc2ncc(-c3ccc(Cl)cc3)o2)C1=O. The number of aromatic nitrogens is 1. The predicted molar refractivity (Wildman–Crippen MR) is 84.9 cm³/mol. The lowest BCUT2D eigenvalue weighted by atomic mass is 10.2. The van der Waals surface area contributed by atoms with Gasteiger partial charge in [-0.3, -0.25) is 14.5 Å². The molecule has 1 fully saturated rings. The quantitative estimate of drug-likeness (QED) is 0.627. The lowest BCUT2D eigenvalue weighted by molar-refractivity contribution is -0.144. The standard InChI is InChI=1S/C16H14ClN3O4/c1-9(2)20-15(22)14(21)19(16(20)23)8-13-18-7-12(24-13)10-3-5-11(17)6-4-10/h3-7,9H,8H2,1-2H3. The number of amides is 4. The summed E-state index contributed by atoms with van der Waals surface area (Å²) >= 11 is 5.84. The van der Waals surface area contributed by atoms with Crippen LogP contribution in [0.5, 0.6) is 0 Å². The second-order valence-electron chi connectivity index (χ2n) is 5.57. The molecule has 1 aliphatic heterocycles. The number of carbonyl (C=O) groups is 3. The smallest absolute Gasteiger partial charge is 0.334 e. The summed E-state index contributed by atoms with van der Waals surface area (Å²) in [5.74, 6) is -1.06. The van der Waals surface area contributed by atoms with Crippen LogP contribution in [0.4, 0.5) is 4.79 Å². The lowest BCUT2D eigenvalue weighted by Gasteiger charge is -2.17. The molecule has 1 aromatic heterocycles. The maximum Gasteiger partial charge on any atom is 0.334 e. The largest absolute Gasteiger partial charge is 0.439 e. The summed E-state index contributed by atoms with van der Waals surface area (Å²) in [5, 5.41) is 0.596. The second-order valence-corrected chi connectivity index (χ2v) is 6.00. The van der Waals surface area contributed by atoms with Crippen LogP contribution in [0.25, 0.3) is 11.3 Å². The number of imide groups is 2. The van der Waals surface area contributed by atoms with Gasteiger partial charge in [0.15, 0.2) is 5.76 Å². The van der Waals surface area contributed by atoms with Gasteiger partial charge in [0.05, 0.1) is 6.20 Å². The zero-order valence-corrected chi connectivity index (χ0v) is 13.8. The van der Waals surface area contributed by atoms with Crippen LogP contribution < -0.4 is 0 Å². The summed E-state index contributed by atoms with van der Waals surface area (Å²) in [6, 6.07) is 5.91. The van der Waals surface area contributed by atoms with Crippen LogP contribution in [0.3, 0.4) is 0 Å². The average molecular weight is 348 g/mol. The van der Waals surface area contributed by atoms with Crippen LogP contribution in [-0.4, -0.2) is 38.7 Å². The summed E-state index contributed by atoms with van der Waals surface area (Å²) in [5.41, 5.74) is 0.761.